The van der Waals surface area contributed by atoms with E-state index in [1.54, 1.807) is 17.7 Å². The van der Waals surface area contributed by atoms with Crippen LogP contribution in [0.4, 0.5) is 0 Å². The van der Waals surface area contributed by atoms with Gasteiger partial charge < -0.3 is 4.90 Å². The monoisotopic (exact) mass is 285 g/mol. The molecule has 0 aromatic carbocycles. The Bertz CT molecular complexity index is 640. The fraction of sp³-hybridized carbons (Fsp3) is 0.400. The van der Waals surface area contributed by atoms with E-state index in [1.165, 1.54) is 0 Å². The molecule has 5 heteroatoms. The van der Waals surface area contributed by atoms with E-state index in [9.17, 15) is 4.79 Å². The number of nitrogens with zero attached hydrogens (tertiary/aromatic N) is 3. The molecule has 0 aliphatic carbocycles. The summed E-state index contributed by atoms with van der Waals surface area (Å²) in [6.45, 7) is 0. The highest BCUT2D eigenvalue weighted by Gasteiger charge is 2.42. The molecule has 2 bridgehead atoms. The number of amides is 1. The molecular weight excluding hydrogens is 270 g/mol. The minimum Gasteiger partial charge on any atom is -0.332 e. The maximum Gasteiger partial charge on any atom is 0.228 e. The Hall–Kier alpha value is -1.75. The summed E-state index contributed by atoms with van der Waals surface area (Å²) < 4.78 is 0. The van der Waals surface area contributed by atoms with Crippen molar-refractivity contribution in [3.8, 4) is 0 Å². The van der Waals surface area contributed by atoms with Gasteiger partial charge in [0.25, 0.3) is 0 Å². The van der Waals surface area contributed by atoms with Crippen LogP contribution in [0, 0.1) is 0 Å². The lowest BCUT2D eigenvalue weighted by Gasteiger charge is -2.35. The average molecular weight is 285 g/mol. The first-order valence-corrected chi connectivity index (χ1v) is 7.83. The van der Waals surface area contributed by atoms with Crippen LogP contribution >= 0.6 is 11.3 Å². The van der Waals surface area contributed by atoms with Gasteiger partial charge in [0, 0.05) is 29.1 Å². The van der Waals surface area contributed by atoms with Gasteiger partial charge in [0.15, 0.2) is 0 Å². The normalized spacial score (nSPS) is 23.7. The highest BCUT2D eigenvalue weighted by molar-refractivity contribution is 7.10. The van der Waals surface area contributed by atoms with Crippen LogP contribution < -0.4 is 0 Å². The van der Waals surface area contributed by atoms with Crippen LogP contribution in [0.3, 0.4) is 0 Å². The van der Waals surface area contributed by atoms with Gasteiger partial charge in [0.05, 0.1) is 18.2 Å². The van der Waals surface area contributed by atoms with E-state index < -0.39 is 0 Å². The molecule has 2 aliphatic rings. The van der Waals surface area contributed by atoms with Crippen molar-refractivity contribution in [2.45, 2.75) is 37.8 Å². The predicted molar refractivity (Wildman–Crippen MR) is 76.4 cm³/mol. The third-order valence-corrected chi connectivity index (χ3v) is 5.19. The van der Waals surface area contributed by atoms with Gasteiger partial charge in [-0.25, -0.2) is 9.97 Å². The van der Waals surface area contributed by atoms with Crippen molar-refractivity contribution in [3.63, 3.8) is 0 Å². The fourth-order valence-corrected chi connectivity index (χ4v) is 4.15. The number of carbonyl (C=O) groups is 1. The Morgan fingerprint density at radius 3 is 3.25 bits per heavy atom. The van der Waals surface area contributed by atoms with E-state index in [2.05, 4.69) is 14.9 Å². The van der Waals surface area contributed by atoms with Crippen LogP contribution in [0.5, 0.6) is 0 Å². The molecule has 0 N–H and O–H groups in total. The second-order valence-electron chi connectivity index (χ2n) is 5.43. The SMILES string of the molecule is O=C(Cc1cccs1)N1C2CCC1c1cncnc1C2. The third kappa shape index (κ3) is 1.85. The molecular formula is C15H15N3OS. The van der Waals surface area contributed by atoms with Gasteiger partial charge in [0.1, 0.15) is 6.33 Å². The second-order valence-corrected chi connectivity index (χ2v) is 6.47. The van der Waals surface area contributed by atoms with Crippen molar-refractivity contribution in [2.75, 3.05) is 0 Å². The zero-order valence-electron chi connectivity index (χ0n) is 11.0. The van der Waals surface area contributed by atoms with Crippen LogP contribution in [0.25, 0.3) is 0 Å². The summed E-state index contributed by atoms with van der Waals surface area (Å²) in [5.41, 5.74) is 2.29. The van der Waals surface area contributed by atoms with Crippen LogP contribution in [0.2, 0.25) is 0 Å². The minimum atomic E-state index is 0.192. The molecule has 1 amide bonds. The van der Waals surface area contributed by atoms with Gasteiger partial charge in [-0.2, -0.15) is 0 Å². The Balaban J connectivity index is 1.63. The van der Waals surface area contributed by atoms with Gasteiger partial charge >= 0.3 is 0 Å². The summed E-state index contributed by atoms with van der Waals surface area (Å²) in [6.07, 6.45) is 7.03. The first kappa shape index (κ1) is 12.0. The largest absolute Gasteiger partial charge is 0.332 e. The third-order valence-electron chi connectivity index (χ3n) is 4.31. The second kappa shape index (κ2) is 4.66. The van der Waals surface area contributed by atoms with Crippen LogP contribution in [0.1, 0.15) is 35.0 Å². The molecule has 2 aromatic heterocycles. The van der Waals surface area contributed by atoms with Crippen LogP contribution in [-0.2, 0) is 17.6 Å². The molecule has 102 valence electrons. The van der Waals surface area contributed by atoms with Gasteiger partial charge in [0.2, 0.25) is 5.91 Å². The van der Waals surface area contributed by atoms with Crippen LogP contribution in [-0.4, -0.2) is 26.8 Å². The molecule has 0 saturated carbocycles. The average Bonchev–Trinajstić information content (AvgIpc) is 3.06. The van der Waals surface area contributed by atoms with E-state index in [1.807, 2.05) is 23.7 Å². The first-order chi connectivity index (χ1) is 9.83. The minimum absolute atomic E-state index is 0.192. The lowest BCUT2D eigenvalue weighted by Crippen LogP contribution is -2.42. The Morgan fingerprint density at radius 1 is 1.45 bits per heavy atom. The number of fused-ring (bicyclic) bond motifs is 4. The van der Waals surface area contributed by atoms with Crippen molar-refractivity contribution in [2.24, 2.45) is 0 Å². The highest BCUT2D eigenvalue weighted by Crippen LogP contribution is 2.42. The standard InChI is InChI=1S/C15H15N3OS/c19-15(7-11-2-1-5-20-11)18-10-3-4-14(18)12-8-16-9-17-13(12)6-10/h1-2,5,8-10,14H,3-4,6-7H2. The predicted octanol–water partition coefficient (Wildman–Crippen LogP) is 2.37. The number of carbonyl (C=O) groups excluding carboxylic acids is 1. The van der Waals surface area contributed by atoms with Gasteiger partial charge in [-0.05, 0) is 24.3 Å². The fourth-order valence-electron chi connectivity index (χ4n) is 3.46. The van der Waals surface area contributed by atoms with Crippen molar-refractivity contribution >= 4 is 17.2 Å². The zero-order valence-corrected chi connectivity index (χ0v) is 11.8. The summed E-state index contributed by atoms with van der Waals surface area (Å²) in [4.78, 5) is 24.4. The summed E-state index contributed by atoms with van der Waals surface area (Å²) in [5, 5.41) is 2.02. The molecule has 2 aliphatic heterocycles. The van der Waals surface area contributed by atoms with Crippen molar-refractivity contribution in [3.05, 3.63) is 46.2 Å². The molecule has 2 atom stereocenters. The summed E-state index contributed by atoms with van der Waals surface area (Å²) in [5.74, 6) is 0.245. The molecule has 1 saturated heterocycles. The number of hydrogen-bond donors (Lipinski definition) is 0. The molecule has 0 radical (unpaired) electrons. The number of rotatable bonds is 2. The lowest BCUT2D eigenvalue weighted by atomic mass is 9.99. The van der Waals surface area contributed by atoms with E-state index in [4.69, 9.17) is 0 Å². The van der Waals surface area contributed by atoms with Crippen molar-refractivity contribution < 1.29 is 4.79 Å². The Morgan fingerprint density at radius 2 is 2.40 bits per heavy atom. The highest BCUT2D eigenvalue weighted by atomic mass is 32.1. The number of aromatic nitrogens is 2. The van der Waals surface area contributed by atoms with Gasteiger partial charge in [-0.1, -0.05) is 6.07 Å². The molecule has 4 nitrogen and oxygen atoms in total. The zero-order chi connectivity index (χ0) is 13.5. The van der Waals surface area contributed by atoms with E-state index in [0.717, 1.165) is 35.4 Å². The van der Waals surface area contributed by atoms with E-state index in [0.29, 0.717) is 12.5 Å². The Labute approximate surface area is 121 Å². The molecule has 1 fully saturated rings. The topological polar surface area (TPSA) is 46.1 Å². The number of hydrogen-bond acceptors (Lipinski definition) is 4. The molecule has 0 spiro atoms. The Kier molecular flexibility index (Phi) is 2.80. The molecule has 20 heavy (non-hydrogen) atoms. The quantitative estimate of drug-likeness (QED) is 0.851. The molecule has 4 rings (SSSR count). The maximum absolute atomic E-state index is 12.6. The van der Waals surface area contributed by atoms with E-state index >= 15 is 0 Å². The molecule has 4 heterocycles. The lowest BCUT2D eigenvalue weighted by molar-refractivity contribution is -0.133. The summed E-state index contributed by atoms with van der Waals surface area (Å²) in [7, 11) is 0. The van der Waals surface area contributed by atoms with Gasteiger partial charge in [-0.15, -0.1) is 11.3 Å². The van der Waals surface area contributed by atoms with Crippen molar-refractivity contribution in [1.82, 2.24) is 14.9 Å². The maximum atomic E-state index is 12.6. The van der Waals surface area contributed by atoms with Gasteiger partial charge in [-0.3, -0.25) is 4.79 Å². The first-order valence-electron chi connectivity index (χ1n) is 6.95. The molecule has 2 aromatic rings. The summed E-state index contributed by atoms with van der Waals surface area (Å²) in [6, 6.07) is 4.56. The smallest absolute Gasteiger partial charge is 0.228 e. The van der Waals surface area contributed by atoms with Crippen LogP contribution in [0.15, 0.2) is 30.0 Å². The van der Waals surface area contributed by atoms with E-state index in [-0.39, 0.29) is 11.9 Å². The van der Waals surface area contributed by atoms with Crippen molar-refractivity contribution in [1.29, 1.82) is 0 Å². The molecule has 2 unspecified atom stereocenters. The summed E-state index contributed by atoms with van der Waals surface area (Å²) >= 11 is 1.65. The number of thiophene rings is 1.